The molecule has 2 nitrogen and oxygen atoms in total. The Kier molecular flexibility index (Phi) is 6.56. The predicted molar refractivity (Wildman–Crippen MR) is 90.1 cm³/mol. The first-order valence-electron chi connectivity index (χ1n) is 8.67. The molecule has 1 saturated carbocycles. The standard InChI is InChI=1S/C19H31NO/c1-4-6-10-16(9-5-2)20-17-13-15(14-17)18-11-7-8-12-19(18)21-3/h7-8,11-12,15-17,20H,4-6,9-10,13-14H2,1-3H3. The fourth-order valence-electron chi connectivity index (χ4n) is 3.45. The summed E-state index contributed by atoms with van der Waals surface area (Å²) in [5.41, 5.74) is 1.39. The molecular weight excluding hydrogens is 258 g/mol. The van der Waals surface area contributed by atoms with E-state index in [1.165, 1.54) is 50.5 Å². The van der Waals surface area contributed by atoms with Crippen LogP contribution < -0.4 is 10.1 Å². The average molecular weight is 289 g/mol. The molecule has 1 aliphatic carbocycles. The third-order valence-corrected chi connectivity index (χ3v) is 4.73. The largest absolute Gasteiger partial charge is 0.496 e. The lowest BCUT2D eigenvalue weighted by Crippen LogP contribution is -2.45. The van der Waals surface area contributed by atoms with E-state index >= 15 is 0 Å². The second kappa shape index (κ2) is 8.43. The number of hydrogen-bond donors (Lipinski definition) is 1. The van der Waals surface area contributed by atoms with E-state index in [-0.39, 0.29) is 0 Å². The van der Waals surface area contributed by atoms with Gasteiger partial charge in [-0.05, 0) is 43.2 Å². The van der Waals surface area contributed by atoms with Gasteiger partial charge in [-0.25, -0.2) is 0 Å². The Labute approximate surface area is 130 Å². The average Bonchev–Trinajstić information content (AvgIpc) is 2.48. The molecular formula is C19H31NO. The number of ether oxygens (including phenoxy) is 1. The van der Waals surface area contributed by atoms with Gasteiger partial charge in [0.1, 0.15) is 5.75 Å². The zero-order chi connectivity index (χ0) is 15.1. The summed E-state index contributed by atoms with van der Waals surface area (Å²) in [6.45, 7) is 4.57. The van der Waals surface area contributed by atoms with Crippen molar-refractivity contribution in [1.29, 1.82) is 0 Å². The van der Waals surface area contributed by atoms with Crippen molar-refractivity contribution in [2.24, 2.45) is 0 Å². The maximum absolute atomic E-state index is 5.49. The molecule has 0 amide bonds. The summed E-state index contributed by atoms with van der Waals surface area (Å²) in [6.07, 6.45) is 9.09. The minimum atomic E-state index is 0.673. The lowest BCUT2D eigenvalue weighted by Gasteiger charge is -2.39. The number of methoxy groups -OCH3 is 1. The number of para-hydroxylation sites is 1. The van der Waals surface area contributed by atoms with Crippen LogP contribution in [0.15, 0.2) is 24.3 Å². The maximum Gasteiger partial charge on any atom is 0.122 e. The molecule has 0 aromatic heterocycles. The Morgan fingerprint density at radius 2 is 1.90 bits per heavy atom. The third-order valence-electron chi connectivity index (χ3n) is 4.73. The van der Waals surface area contributed by atoms with Crippen molar-refractivity contribution in [2.45, 2.75) is 76.8 Å². The number of hydrogen-bond acceptors (Lipinski definition) is 2. The minimum absolute atomic E-state index is 0.673. The van der Waals surface area contributed by atoms with E-state index in [0.29, 0.717) is 12.0 Å². The van der Waals surface area contributed by atoms with Crippen LogP contribution in [0.3, 0.4) is 0 Å². The van der Waals surface area contributed by atoms with E-state index in [4.69, 9.17) is 4.74 Å². The highest BCUT2D eigenvalue weighted by Gasteiger charge is 2.32. The molecule has 1 aliphatic rings. The number of rotatable bonds is 9. The van der Waals surface area contributed by atoms with E-state index < -0.39 is 0 Å². The van der Waals surface area contributed by atoms with Gasteiger partial charge in [0, 0.05) is 12.1 Å². The fourth-order valence-corrected chi connectivity index (χ4v) is 3.45. The predicted octanol–water partition coefficient (Wildman–Crippen LogP) is 4.89. The smallest absolute Gasteiger partial charge is 0.122 e. The normalized spacial score (nSPS) is 22.6. The van der Waals surface area contributed by atoms with Crippen LogP contribution in [-0.4, -0.2) is 19.2 Å². The Morgan fingerprint density at radius 1 is 1.14 bits per heavy atom. The second-order valence-electron chi connectivity index (χ2n) is 6.40. The van der Waals surface area contributed by atoms with Crippen LogP contribution in [0.25, 0.3) is 0 Å². The van der Waals surface area contributed by atoms with Crippen molar-refractivity contribution in [3.05, 3.63) is 29.8 Å². The second-order valence-corrected chi connectivity index (χ2v) is 6.40. The van der Waals surface area contributed by atoms with Crippen molar-refractivity contribution in [2.75, 3.05) is 7.11 Å². The van der Waals surface area contributed by atoms with Gasteiger partial charge in [-0.1, -0.05) is 51.3 Å². The molecule has 2 rings (SSSR count). The Morgan fingerprint density at radius 3 is 2.57 bits per heavy atom. The summed E-state index contributed by atoms with van der Waals surface area (Å²) in [6, 6.07) is 9.91. The summed E-state index contributed by atoms with van der Waals surface area (Å²) in [7, 11) is 1.77. The highest BCUT2D eigenvalue weighted by atomic mass is 16.5. The monoisotopic (exact) mass is 289 g/mol. The Hall–Kier alpha value is -1.02. The summed E-state index contributed by atoms with van der Waals surface area (Å²) in [4.78, 5) is 0. The first-order chi connectivity index (χ1) is 10.3. The van der Waals surface area contributed by atoms with Gasteiger partial charge in [-0.2, -0.15) is 0 Å². The molecule has 0 spiro atoms. The van der Waals surface area contributed by atoms with Gasteiger partial charge in [-0.15, -0.1) is 0 Å². The zero-order valence-corrected chi connectivity index (χ0v) is 13.9. The van der Waals surface area contributed by atoms with Gasteiger partial charge in [0.25, 0.3) is 0 Å². The molecule has 0 aliphatic heterocycles. The van der Waals surface area contributed by atoms with Crippen molar-refractivity contribution >= 4 is 0 Å². The Balaban J connectivity index is 1.82. The van der Waals surface area contributed by atoms with Crippen LogP contribution >= 0.6 is 0 Å². The summed E-state index contributed by atoms with van der Waals surface area (Å²) < 4.78 is 5.49. The summed E-state index contributed by atoms with van der Waals surface area (Å²) in [5.74, 6) is 1.73. The number of benzene rings is 1. The van der Waals surface area contributed by atoms with E-state index in [1.54, 1.807) is 7.11 Å². The quantitative estimate of drug-likeness (QED) is 0.699. The molecule has 1 atom stereocenters. The Bertz CT molecular complexity index is 412. The highest BCUT2D eigenvalue weighted by Crippen LogP contribution is 2.41. The molecule has 1 aromatic carbocycles. The van der Waals surface area contributed by atoms with Gasteiger partial charge in [0.15, 0.2) is 0 Å². The summed E-state index contributed by atoms with van der Waals surface area (Å²) in [5, 5.41) is 3.89. The lowest BCUT2D eigenvalue weighted by atomic mass is 9.75. The molecule has 118 valence electrons. The van der Waals surface area contributed by atoms with Gasteiger partial charge in [0.2, 0.25) is 0 Å². The van der Waals surface area contributed by atoms with Crippen molar-refractivity contribution in [3.63, 3.8) is 0 Å². The van der Waals surface area contributed by atoms with Crippen molar-refractivity contribution in [3.8, 4) is 5.75 Å². The molecule has 0 saturated heterocycles. The molecule has 0 heterocycles. The molecule has 1 unspecified atom stereocenters. The van der Waals surface area contributed by atoms with Crippen LogP contribution in [0.2, 0.25) is 0 Å². The lowest BCUT2D eigenvalue weighted by molar-refractivity contribution is 0.247. The zero-order valence-electron chi connectivity index (χ0n) is 13.9. The fraction of sp³-hybridized carbons (Fsp3) is 0.684. The number of unbranched alkanes of at least 4 members (excludes halogenated alkanes) is 1. The SMILES string of the molecule is CCCCC(CCC)NC1CC(c2ccccc2OC)C1. The third kappa shape index (κ3) is 4.47. The van der Waals surface area contributed by atoms with E-state index in [0.717, 1.165) is 11.8 Å². The maximum atomic E-state index is 5.49. The van der Waals surface area contributed by atoms with Gasteiger partial charge < -0.3 is 10.1 Å². The topological polar surface area (TPSA) is 21.3 Å². The molecule has 1 fully saturated rings. The minimum Gasteiger partial charge on any atom is -0.496 e. The molecule has 1 N–H and O–H groups in total. The van der Waals surface area contributed by atoms with E-state index in [2.05, 4.69) is 43.4 Å². The van der Waals surface area contributed by atoms with E-state index in [9.17, 15) is 0 Å². The molecule has 21 heavy (non-hydrogen) atoms. The van der Waals surface area contributed by atoms with Crippen LogP contribution in [0.5, 0.6) is 5.75 Å². The van der Waals surface area contributed by atoms with Gasteiger partial charge >= 0.3 is 0 Å². The first kappa shape index (κ1) is 16.4. The van der Waals surface area contributed by atoms with Crippen LogP contribution in [0, 0.1) is 0 Å². The molecule has 1 aromatic rings. The first-order valence-corrected chi connectivity index (χ1v) is 8.67. The van der Waals surface area contributed by atoms with Crippen molar-refractivity contribution in [1.82, 2.24) is 5.32 Å². The van der Waals surface area contributed by atoms with Crippen molar-refractivity contribution < 1.29 is 4.74 Å². The molecule has 0 bridgehead atoms. The number of nitrogens with one attached hydrogen (secondary N) is 1. The van der Waals surface area contributed by atoms with Crippen LogP contribution in [0.1, 0.15) is 70.3 Å². The van der Waals surface area contributed by atoms with Crippen LogP contribution in [-0.2, 0) is 0 Å². The van der Waals surface area contributed by atoms with Gasteiger partial charge in [0.05, 0.1) is 7.11 Å². The van der Waals surface area contributed by atoms with Gasteiger partial charge in [-0.3, -0.25) is 0 Å². The molecule has 0 radical (unpaired) electrons. The highest BCUT2D eigenvalue weighted by molar-refractivity contribution is 5.37. The van der Waals surface area contributed by atoms with E-state index in [1.807, 2.05) is 0 Å². The summed E-state index contributed by atoms with van der Waals surface area (Å²) >= 11 is 0. The van der Waals surface area contributed by atoms with Crippen LogP contribution in [0.4, 0.5) is 0 Å². The molecule has 2 heteroatoms.